The molecule has 120 valence electrons. The quantitative estimate of drug-likeness (QED) is 0.881. The lowest BCUT2D eigenvalue weighted by atomic mass is 9.75. The van der Waals surface area contributed by atoms with Gasteiger partial charge in [-0.2, -0.15) is 0 Å². The van der Waals surface area contributed by atoms with Gasteiger partial charge in [-0.25, -0.2) is 0 Å². The molecular formula is C17H22Cl2N2O. The van der Waals surface area contributed by atoms with E-state index in [0.29, 0.717) is 22.3 Å². The van der Waals surface area contributed by atoms with Crippen LogP contribution in [0.15, 0.2) is 18.2 Å². The van der Waals surface area contributed by atoms with Gasteiger partial charge in [-0.1, -0.05) is 48.5 Å². The summed E-state index contributed by atoms with van der Waals surface area (Å²) in [6.07, 6.45) is 6.65. The van der Waals surface area contributed by atoms with Crippen molar-refractivity contribution >= 4 is 34.8 Å². The predicted molar refractivity (Wildman–Crippen MR) is 91.6 cm³/mol. The summed E-state index contributed by atoms with van der Waals surface area (Å²) >= 11 is 12.2. The van der Waals surface area contributed by atoms with Crippen molar-refractivity contribution in [3.05, 3.63) is 28.2 Å². The van der Waals surface area contributed by atoms with Crippen molar-refractivity contribution in [1.29, 1.82) is 0 Å². The van der Waals surface area contributed by atoms with Crippen LogP contribution in [0.1, 0.15) is 32.1 Å². The van der Waals surface area contributed by atoms with Crippen LogP contribution in [0, 0.1) is 11.8 Å². The van der Waals surface area contributed by atoms with Crippen LogP contribution >= 0.6 is 23.2 Å². The highest BCUT2D eigenvalue weighted by Gasteiger charge is 2.31. The molecule has 1 N–H and O–H groups in total. The first-order valence-electron chi connectivity index (χ1n) is 8.09. The predicted octanol–water partition coefficient (Wildman–Crippen LogP) is 4.44. The summed E-state index contributed by atoms with van der Waals surface area (Å²) in [6.45, 7) is 2.49. The Labute approximate surface area is 142 Å². The van der Waals surface area contributed by atoms with Gasteiger partial charge < -0.3 is 5.32 Å². The fraction of sp³-hybridized carbons (Fsp3) is 0.588. The number of fused-ring (bicyclic) bond motifs is 1. The summed E-state index contributed by atoms with van der Waals surface area (Å²) in [6, 6.07) is 5.24. The van der Waals surface area contributed by atoms with Crippen LogP contribution in [0.5, 0.6) is 0 Å². The molecule has 1 aromatic rings. The number of hydrogen-bond donors (Lipinski definition) is 1. The Morgan fingerprint density at radius 3 is 2.55 bits per heavy atom. The Hall–Kier alpha value is -0.770. The highest BCUT2D eigenvalue weighted by molar-refractivity contribution is 6.39. The van der Waals surface area contributed by atoms with E-state index in [4.69, 9.17) is 23.2 Å². The molecule has 1 saturated heterocycles. The van der Waals surface area contributed by atoms with Crippen molar-refractivity contribution in [2.75, 3.05) is 25.0 Å². The molecule has 0 unspecified atom stereocenters. The fourth-order valence-electron chi connectivity index (χ4n) is 3.82. The highest BCUT2D eigenvalue weighted by Crippen LogP contribution is 2.36. The zero-order valence-electron chi connectivity index (χ0n) is 12.7. The van der Waals surface area contributed by atoms with Crippen LogP contribution in [-0.4, -0.2) is 30.4 Å². The molecule has 1 aromatic carbocycles. The lowest BCUT2D eigenvalue weighted by Crippen LogP contribution is -2.44. The van der Waals surface area contributed by atoms with Gasteiger partial charge in [0.05, 0.1) is 22.3 Å². The molecule has 1 aliphatic carbocycles. The van der Waals surface area contributed by atoms with Crippen LogP contribution in [0.2, 0.25) is 10.0 Å². The molecule has 0 radical (unpaired) electrons. The van der Waals surface area contributed by atoms with Crippen molar-refractivity contribution in [1.82, 2.24) is 4.90 Å². The number of benzene rings is 1. The van der Waals surface area contributed by atoms with Crippen LogP contribution in [0.3, 0.4) is 0 Å². The monoisotopic (exact) mass is 340 g/mol. The second-order valence-corrected chi connectivity index (χ2v) is 7.29. The van der Waals surface area contributed by atoms with Gasteiger partial charge in [-0.3, -0.25) is 9.69 Å². The second-order valence-electron chi connectivity index (χ2n) is 6.47. The first-order valence-corrected chi connectivity index (χ1v) is 8.85. The zero-order valence-corrected chi connectivity index (χ0v) is 14.2. The van der Waals surface area contributed by atoms with Gasteiger partial charge in [-0.15, -0.1) is 0 Å². The Bertz CT molecular complexity index is 529. The van der Waals surface area contributed by atoms with Gasteiger partial charge in [0.1, 0.15) is 0 Å². The lowest BCUT2D eigenvalue weighted by Gasteiger charge is -2.41. The molecule has 0 spiro atoms. The number of likely N-dealkylation sites (tertiary alicyclic amines) is 1. The summed E-state index contributed by atoms with van der Waals surface area (Å²) in [5.74, 6) is 1.62. The molecule has 22 heavy (non-hydrogen) atoms. The van der Waals surface area contributed by atoms with E-state index >= 15 is 0 Å². The number of halogens is 2. The van der Waals surface area contributed by atoms with Gasteiger partial charge in [0.15, 0.2) is 0 Å². The number of nitrogens with one attached hydrogen (secondary N) is 1. The molecule has 3 nitrogen and oxygen atoms in total. The number of piperidine rings is 1. The van der Waals surface area contributed by atoms with Gasteiger partial charge in [0.25, 0.3) is 0 Å². The second kappa shape index (κ2) is 7.20. The van der Waals surface area contributed by atoms with E-state index in [1.54, 1.807) is 18.2 Å². The van der Waals surface area contributed by atoms with Crippen LogP contribution in [0.25, 0.3) is 0 Å². The zero-order chi connectivity index (χ0) is 15.5. The Morgan fingerprint density at radius 1 is 1.14 bits per heavy atom. The fourth-order valence-corrected chi connectivity index (χ4v) is 4.31. The number of amides is 1. The van der Waals surface area contributed by atoms with E-state index in [9.17, 15) is 4.79 Å². The van der Waals surface area contributed by atoms with Crippen molar-refractivity contribution in [3.8, 4) is 0 Å². The van der Waals surface area contributed by atoms with Crippen molar-refractivity contribution in [2.24, 2.45) is 11.8 Å². The minimum Gasteiger partial charge on any atom is -0.322 e. The van der Waals surface area contributed by atoms with E-state index in [0.717, 1.165) is 24.9 Å². The average molecular weight is 341 g/mol. The number of carbonyl (C=O) groups is 1. The van der Waals surface area contributed by atoms with Gasteiger partial charge >= 0.3 is 0 Å². The Balaban J connectivity index is 1.56. The molecule has 1 saturated carbocycles. The third-order valence-electron chi connectivity index (χ3n) is 4.97. The maximum absolute atomic E-state index is 12.3. The highest BCUT2D eigenvalue weighted by atomic mass is 35.5. The molecule has 2 atom stereocenters. The molecule has 5 heteroatoms. The summed E-state index contributed by atoms with van der Waals surface area (Å²) in [5, 5.41) is 3.81. The molecule has 1 aliphatic heterocycles. The molecule has 2 aliphatic rings. The number of anilines is 1. The lowest BCUT2D eigenvalue weighted by molar-refractivity contribution is -0.118. The van der Waals surface area contributed by atoms with Crippen molar-refractivity contribution in [3.63, 3.8) is 0 Å². The maximum Gasteiger partial charge on any atom is 0.238 e. The van der Waals surface area contributed by atoms with Crippen molar-refractivity contribution < 1.29 is 4.79 Å². The smallest absolute Gasteiger partial charge is 0.238 e. The van der Waals surface area contributed by atoms with Gasteiger partial charge in [0.2, 0.25) is 5.91 Å². The first-order chi connectivity index (χ1) is 10.6. The van der Waals surface area contributed by atoms with E-state index in [2.05, 4.69) is 10.2 Å². The standard InChI is InChI=1S/C17H22Cl2N2O/c18-14-6-3-7-15(19)17(14)20-16(22)11-21-9-8-12-4-1-2-5-13(12)10-21/h3,6-7,12-13H,1-2,4-5,8-11H2,(H,20,22)/t12-,13+/m0/s1. The summed E-state index contributed by atoms with van der Waals surface area (Å²) in [4.78, 5) is 14.5. The number of para-hydroxylation sites is 1. The molecule has 1 heterocycles. The SMILES string of the molecule is O=C(CN1CC[C@@H]2CCCC[C@@H]2C1)Nc1c(Cl)cccc1Cl. The average Bonchev–Trinajstić information content (AvgIpc) is 2.51. The number of nitrogens with zero attached hydrogens (tertiary/aromatic N) is 1. The summed E-state index contributed by atoms with van der Waals surface area (Å²) in [5.41, 5.74) is 0.517. The van der Waals surface area contributed by atoms with Crippen molar-refractivity contribution in [2.45, 2.75) is 32.1 Å². The summed E-state index contributed by atoms with van der Waals surface area (Å²) < 4.78 is 0. The van der Waals surface area contributed by atoms with E-state index in [1.807, 2.05) is 0 Å². The van der Waals surface area contributed by atoms with E-state index < -0.39 is 0 Å². The largest absolute Gasteiger partial charge is 0.322 e. The van der Waals surface area contributed by atoms with Gasteiger partial charge in [-0.05, 0) is 43.4 Å². The normalized spacial score (nSPS) is 25.5. The molecule has 3 rings (SSSR count). The summed E-state index contributed by atoms with van der Waals surface area (Å²) in [7, 11) is 0. The van der Waals surface area contributed by atoms with Crippen LogP contribution in [0.4, 0.5) is 5.69 Å². The minimum absolute atomic E-state index is 0.0377. The first kappa shape index (κ1) is 16.1. The Kier molecular flexibility index (Phi) is 5.27. The topological polar surface area (TPSA) is 32.3 Å². The molecule has 1 amide bonds. The maximum atomic E-state index is 12.3. The number of hydrogen-bond acceptors (Lipinski definition) is 2. The number of carbonyl (C=O) groups excluding carboxylic acids is 1. The van der Waals surface area contributed by atoms with Crippen LogP contribution in [-0.2, 0) is 4.79 Å². The van der Waals surface area contributed by atoms with E-state index in [-0.39, 0.29) is 5.91 Å². The third-order valence-corrected chi connectivity index (χ3v) is 5.60. The molecule has 0 aromatic heterocycles. The van der Waals surface area contributed by atoms with Gasteiger partial charge in [0, 0.05) is 6.54 Å². The molecule has 2 fully saturated rings. The Morgan fingerprint density at radius 2 is 1.82 bits per heavy atom. The minimum atomic E-state index is -0.0377. The van der Waals surface area contributed by atoms with E-state index in [1.165, 1.54) is 32.1 Å². The third kappa shape index (κ3) is 3.76. The molecule has 0 bridgehead atoms. The molecular weight excluding hydrogens is 319 g/mol. The van der Waals surface area contributed by atoms with Crippen LogP contribution < -0.4 is 5.32 Å². The number of rotatable bonds is 3.